The Balaban J connectivity index is 2.31. The summed E-state index contributed by atoms with van der Waals surface area (Å²) in [4.78, 5) is 16.2. The number of carbonyl (C=O) groups excluding carboxylic acids is 1. The Morgan fingerprint density at radius 2 is 2.26 bits per heavy atom. The summed E-state index contributed by atoms with van der Waals surface area (Å²) in [6, 6.07) is 6.66. The summed E-state index contributed by atoms with van der Waals surface area (Å²) < 4.78 is 0. The van der Waals surface area contributed by atoms with Gasteiger partial charge in [-0.1, -0.05) is 24.9 Å². The van der Waals surface area contributed by atoms with Crippen molar-refractivity contribution in [3.05, 3.63) is 35.5 Å². The van der Waals surface area contributed by atoms with Crippen LogP contribution in [0.4, 0.5) is 5.69 Å². The monoisotopic (exact) mass is 277 g/mol. The van der Waals surface area contributed by atoms with Gasteiger partial charge in [0.2, 0.25) is 5.91 Å². The van der Waals surface area contributed by atoms with Crippen LogP contribution in [-0.4, -0.2) is 16.9 Å². The third-order valence-corrected chi connectivity index (χ3v) is 3.24. The van der Waals surface area contributed by atoms with E-state index in [-0.39, 0.29) is 5.91 Å². The van der Waals surface area contributed by atoms with E-state index in [4.69, 9.17) is 17.3 Å². The minimum absolute atomic E-state index is 0.198. The molecule has 5 heteroatoms. The summed E-state index contributed by atoms with van der Waals surface area (Å²) in [6.45, 7) is 1.99. The maximum atomic E-state index is 11.9. The lowest BCUT2D eigenvalue weighted by Crippen LogP contribution is -2.35. The molecule has 0 bridgehead atoms. The number of pyridine rings is 1. The van der Waals surface area contributed by atoms with Gasteiger partial charge in [0.15, 0.2) is 0 Å². The number of aromatic nitrogens is 1. The number of anilines is 1. The van der Waals surface area contributed by atoms with Crippen molar-refractivity contribution in [3.63, 3.8) is 0 Å². The molecule has 100 valence electrons. The Hall–Kier alpha value is -1.65. The first-order valence-corrected chi connectivity index (χ1v) is 6.61. The van der Waals surface area contributed by atoms with Crippen LogP contribution in [0.3, 0.4) is 0 Å². The van der Waals surface area contributed by atoms with E-state index < -0.39 is 6.04 Å². The fourth-order valence-corrected chi connectivity index (χ4v) is 2.12. The van der Waals surface area contributed by atoms with Crippen molar-refractivity contribution in [2.45, 2.75) is 25.8 Å². The minimum Gasteiger partial charge on any atom is -0.323 e. The van der Waals surface area contributed by atoms with Gasteiger partial charge < -0.3 is 11.1 Å². The molecular weight excluding hydrogens is 262 g/mol. The Morgan fingerprint density at radius 3 is 3.00 bits per heavy atom. The molecular formula is C14H16ClN3O. The second-order valence-corrected chi connectivity index (χ2v) is 4.79. The first kappa shape index (κ1) is 13.8. The maximum absolute atomic E-state index is 11.9. The van der Waals surface area contributed by atoms with Crippen LogP contribution in [0.15, 0.2) is 30.5 Å². The van der Waals surface area contributed by atoms with E-state index >= 15 is 0 Å². The van der Waals surface area contributed by atoms with Gasteiger partial charge in [-0.2, -0.15) is 0 Å². The van der Waals surface area contributed by atoms with Crippen LogP contribution in [0.2, 0.25) is 5.02 Å². The summed E-state index contributed by atoms with van der Waals surface area (Å²) in [5.41, 5.74) is 7.10. The van der Waals surface area contributed by atoms with Crippen LogP contribution in [0.5, 0.6) is 0 Å². The zero-order valence-electron chi connectivity index (χ0n) is 10.7. The Labute approximate surface area is 117 Å². The first-order chi connectivity index (χ1) is 9.13. The van der Waals surface area contributed by atoms with Gasteiger partial charge in [0.1, 0.15) is 0 Å². The lowest BCUT2D eigenvalue weighted by Gasteiger charge is -2.13. The van der Waals surface area contributed by atoms with Crippen LogP contribution >= 0.6 is 11.6 Å². The third-order valence-electron chi connectivity index (χ3n) is 2.91. The number of fused-ring (bicyclic) bond motifs is 1. The summed E-state index contributed by atoms with van der Waals surface area (Å²) in [5, 5.41) is 4.23. The third kappa shape index (κ3) is 3.03. The number of hydrogen-bond donors (Lipinski definition) is 2. The van der Waals surface area contributed by atoms with E-state index in [2.05, 4.69) is 10.3 Å². The highest BCUT2D eigenvalue weighted by Gasteiger charge is 2.14. The van der Waals surface area contributed by atoms with E-state index in [1.165, 1.54) is 0 Å². The molecule has 4 nitrogen and oxygen atoms in total. The van der Waals surface area contributed by atoms with Crippen molar-refractivity contribution in [2.75, 3.05) is 5.32 Å². The number of rotatable bonds is 4. The van der Waals surface area contributed by atoms with Crippen molar-refractivity contribution in [2.24, 2.45) is 5.73 Å². The number of nitrogens with one attached hydrogen (secondary N) is 1. The topological polar surface area (TPSA) is 68.0 Å². The zero-order valence-corrected chi connectivity index (χ0v) is 11.4. The summed E-state index contributed by atoms with van der Waals surface area (Å²) >= 11 is 6.10. The highest BCUT2D eigenvalue weighted by atomic mass is 35.5. The molecule has 1 aromatic heterocycles. The van der Waals surface area contributed by atoms with E-state index in [0.29, 0.717) is 22.6 Å². The van der Waals surface area contributed by atoms with E-state index in [1.54, 1.807) is 18.3 Å². The Kier molecular flexibility index (Phi) is 4.35. The molecule has 1 heterocycles. The minimum atomic E-state index is -0.501. The van der Waals surface area contributed by atoms with Crippen molar-refractivity contribution < 1.29 is 4.79 Å². The van der Waals surface area contributed by atoms with Gasteiger partial charge >= 0.3 is 0 Å². The summed E-state index contributed by atoms with van der Waals surface area (Å²) in [7, 11) is 0. The highest BCUT2D eigenvalue weighted by molar-refractivity contribution is 6.35. The van der Waals surface area contributed by atoms with E-state index in [0.717, 1.165) is 11.8 Å². The molecule has 0 aliphatic carbocycles. The molecule has 1 amide bonds. The van der Waals surface area contributed by atoms with Crippen molar-refractivity contribution in [1.82, 2.24) is 4.98 Å². The van der Waals surface area contributed by atoms with Gasteiger partial charge in [-0.3, -0.25) is 9.78 Å². The van der Waals surface area contributed by atoms with Gasteiger partial charge in [-0.05, 0) is 30.7 Å². The van der Waals surface area contributed by atoms with Gasteiger partial charge in [-0.25, -0.2) is 0 Å². The number of carbonyl (C=O) groups is 1. The van der Waals surface area contributed by atoms with Crippen molar-refractivity contribution in [3.8, 4) is 0 Å². The smallest absolute Gasteiger partial charge is 0.241 e. The zero-order chi connectivity index (χ0) is 13.8. The predicted octanol–water partition coefficient (Wildman–Crippen LogP) is 2.95. The molecule has 1 unspecified atom stereocenters. The largest absolute Gasteiger partial charge is 0.323 e. The quantitative estimate of drug-likeness (QED) is 0.903. The Morgan fingerprint density at radius 1 is 1.47 bits per heavy atom. The Bertz CT molecular complexity index is 600. The van der Waals surface area contributed by atoms with E-state index in [1.807, 2.05) is 19.1 Å². The summed E-state index contributed by atoms with van der Waals surface area (Å²) in [5.74, 6) is -0.198. The van der Waals surface area contributed by atoms with Crippen LogP contribution in [0.1, 0.15) is 19.8 Å². The molecule has 0 saturated heterocycles. The van der Waals surface area contributed by atoms with Gasteiger partial charge in [0, 0.05) is 11.6 Å². The highest BCUT2D eigenvalue weighted by Crippen LogP contribution is 2.27. The average Bonchev–Trinajstić information content (AvgIpc) is 2.42. The van der Waals surface area contributed by atoms with Crippen LogP contribution < -0.4 is 11.1 Å². The van der Waals surface area contributed by atoms with Gasteiger partial charge in [0.05, 0.1) is 22.3 Å². The number of benzene rings is 1. The normalized spacial score (nSPS) is 12.4. The number of nitrogens with two attached hydrogens (primary N) is 1. The lowest BCUT2D eigenvalue weighted by atomic mass is 10.1. The molecule has 3 N–H and O–H groups in total. The second kappa shape index (κ2) is 5.99. The molecule has 2 aromatic rings. The number of amides is 1. The molecule has 0 fully saturated rings. The molecule has 2 rings (SSSR count). The van der Waals surface area contributed by atoms with Crippen LogP contribution in [-0.2, 0) is 4.79 Å². The molecule has 1 atom stereocenters. The standard InChI is InChI=1S/C14H16ClN3O/c1-2-4-11(16)14(19)18-12-7-6-10(15)9-5-3-8-17-13(9)12/h3,5-8,11H,2,4,16H2,1H3,(H,18,19). The number of hydrogen-bond acceptors (Lipinski definition) is 3. The number of halogens is 1. The first-order valence-electron chi connectivity index (χ1n) is 6.23. The van der Waals surface area contributed by atoms with Crippen LogP contribution in [0.25, 0.3) is 10.9 Å². The second-order valence-electron chi connectivity index (χ2n) is 4.38. The van der Waals surface area contributed by atoms with Crippen molar-refractivity contribution in [1.29, 1.82) is 0 Å². The molecule has 0 aliphatic heterocycles. The molecule has 0 aliphatic rings. The summed E-state index contributed by atoms with van der Waals surface area (Å²) in [6.07, 6.45) is 3.19. The molecule has 0 spiro atoms. The average molecular weight is 278 g/mol. The SMILES string of the molecule is CCCC(N)C(=O)Nc1ccc(Cl)c2cccnc12. The predicted molar refractivity (Wildman–Crippen MR) is 78.3 cm³/mol. The molecule has 0 saturated carbocycles. The fraction of sp³-hybridized carbons (Fsp3) is 0.286. The lowest BCUT2D eigenvalue weighted by molar-refractivity contribution is -0.117. The van der Waals surface area contributed by atoms with Gasteiger partial charge in [-0.15, -0.1) is 0 Å². The van der Waals surface area contributed by atoms with Crippen LogP contribution in [0, 0.1) is 0 Å². The maximum Gasteiger partial charge on any atom is 0.241 e. The fourth-order valence-electron chi connectivity index (χ4n) is 1.91. The number of nitrogens with zero attached hydrogens (tertiary/aromatic N) is 1. The molecule has 0 radical (unpaired) electrons. The van der Waals surface area contributed by atoms with Crippen molar-refractivity contribution >= 4 is 34.1 Å². The molecule has 1 aromatic carbocycles. The van der Waals surface area contributed by atoms with E-state index in [9.17, 15) is 4.79 Å². The molecule has 19 heavy (non-hydrogen) atoms. The van der Waals surface area contributed by atoms with Gasteiger partial charge in [0.25, 0.3) is 0 Å².